The van der Waals surface area contributed by atoms with Crippen molar-refractivity contribution in [2.75, 3.05) is 19.3 Å². The molecule has 2 rings (SSSR count). The van der Waals surface area contributed by atoms with Crippen LogP contribution in [0.2, 0.25) is 0 Å². The smallest absolute Gasteiger partial charge is 0.245 e. The topological polar surface area (TPSA) is 95.6 Å². The van der Waals surface area contributed by atoms with E-state index in [1.54, 1.807) is 4.90 Å². The monoisotopic (exact) mass is 345 g/mol. The Hall–Kier alpha value is -1.15. The number of amides is 2. The molecule has 2 N–H and O–H groups in total. The van der Waals surface area contributed by atoms with Gasteiger partial charge in [0.15, 0.2) is 0 Å². The molecule has 23 heavy (non-hydrogen) atoms. The fourth-order valence-electron chi connectivity index (χ4n) is 3.66. The number of carbonyl (C=O) groups is 2. The Balaban J connectivity index is 2.04. The molecule has 0 radical (unpaired) electrons. The van der Waals surface area contributed by atoms with Gasteiger partial charge in [0, 0.05) is 26.1 Å². The van der Waals surface area contributed by atoms with E-state index in [-0.39, 0.29) is 23.8 Å². The molecule has 0 spiro atoms. The zero-order chi connectivity index (χ0) is 17.0. The van der Waals surface area contributed by atoms with Crippen LogP contribution in [0.3, 0.4) is 0 Å². The van der Waals surface area contributed by atoms with Crippen molar-refractivity contribution >= 4 is 21.8 Å². The van der Waals surface area contributed by atoms with E-state index in [2.05, 4.69) is 10.0 Å². The first-order valence-electron chi connectivity index (χ1n) is 8.29. The summed E-state index contributed by atoms with van der Waals surface area (Å²) in [6.07, 6.45) is 6.71. The molecule has 7 nitrogen and oxygen atoms in total. The van der Waals surface area contributed by atoms with Crippen molar-refractivity contribution in [2.45, 2.75) is 57.5 Å². The van der Waals surface area contributed by atoms with Gasteiger partial charge < -0.3 is 10.2 Å². The summed E-state index contributed by atoms with van der Waals surface area (Å²) in [5.41, 5.74) is 0. The van der Waals surface area contributed by atoms with E-state index in [9.17, 15) is 18.0 Å². The van der Waals surface area contributed by atoms with Crippen molar-refractivity contribution in [1.29, 1.82) is 0 Å². The summed E-state index contributed by atoms with van der Waals surface area (Å²) in [6, 6.07) is -0.726. The lowest BCUT2D eigenvalue weighted by atomic mass is 9.95. The zero-order valence-electron chi connectivity index (χ0n) is 13.9. The predicted molar refractivity (Wildman–Crippen MR) is 87.1 cm³/mol. The number of carbonyl (C=O) groups excluding carboxylic acids is 2. The predicted octanol–water partition coefficient (Wildman–Crippen LogP) is 0.222. The van der Waals surface area contributed by atoms with Gasteiger partial charge in [0.25, 0.3) is 0 Å². The van der Waals surface area contributed by atoms with Gasteiger partial charge in [0.05, 0.1) is 6.26 Å². The third-order valence-corrected chi connectivity index (χ3v) is 5.37. The Morgan fingerprint density at radius 2 is 1.78 bits per heavy atom. The third kappa shape index (κ3) is 5.46. The van der Waals surface area contributed by atoms with E-state index in [1.807, 2.05) is 0 Å². The number of sulfonamides is 1. The normalized spacial score (nSPS) is 24.4. The van der Waals surface area contributed by atoms with Crippen LogP contribution in [0.4, 0.5) is 0 Å². The molecule has 0 aromatic carbocycles. The van der Waals surface area contributed by atoms with Crippen LogP contribution < -0.4 is 10.0 Å². The lowest BCUT2D eigenvalue weighted by molar-refractivity contribution is -0.138. The van der Waals surface area contributed by atoms with E-state index in [4.69, 9.17) is 0 Å². The van der Waals surface area contributed by atoms with Crippen molar-refractivity contribution in [1.82, 2.24) is 14.9 Å². The van der Waals surface area contributed by atoms with E-state index in [1.165, 1.54) is 6.92 Å². The van der Waals surface area contributed by atoms with Crippen molar-refractivity contribution in [3.05, 3.63) is 0 Å². The van der Waals surface area contributed by atoms with Gasteiger partial charge in [0.2, 0.25) is 21.8 Å². The summed E-state index contributed by atoms with van der Waals surface area (Å²) in [5, 5.41) is 2.81. The number of likely N-dealkylation sites (tertiary alicyclic amines) is 1. The Bertz CT molecular complexity index is 543. The van der Waals surface area contributed by atoms with Gasteiger partial charge in [-0.1, -0.05) is 12.8 Å². The fourth-order valence-corrected chi connectivity index (χ4v) is 4.46. The maximum Gasteiger partial charge on any atom is 0.245 e. The lowest BCUT2D eigenvalue weighted by Gasteiger charge is -2.36. The van der Waals surface area contributed by atoms with Crippen molar-refractivity contribution < 1.29 is 18.0 Å². The lowest BCUT2D eigenvalue weighted by Crippen LogP contribution is -2.56. The van der Waals surface area contributed by atoms with Gasteiger partial charge >= 0.3 is 0 Å². The molecule has 1 saturated carbocycles. The second-order valence-electron chi connectivity index (χ2n) is 6.74. The number of nitrogens with zero attached hydrogens (tertiary/aromatic N) is 1. The van der Waals surface area contributed by atoms with Gasteiger partial charge in [0.1, 0.15) is 6.04 Å². The Morgan fingerprint density at radius 3 is 2.35 bits per heavy atom. The summed E-state index contributed by atoms with van der Waals surface area (Å²) in [5.74, 6) is -0.0835. The van der Waals surface area contributed by atoms with Crippen LogP contribution in [0.25, 0.3) is 0 Å². The first-order chi connectivity index (χ1) is 10.8. The minimum Gasteiger partial charge on any atom is -0.344 e. The molecular formula is C15H27N3O4S. The largest absolute Gasteiger partial charge is 0.344 e. The molecule has 0 aromatic rings. The number of piperidine rings is 1. The summed E-state index contributed by atoms with van der Waals surface area (Å²) < 4.78 is 25.4. The second kappa shape index (κ2) is 7.61. The summed E-state index contributed by atoms with van der Waals surface area (Å²) >= 11 is 0. The quantitative estimate of drug-likeness (QED) is 0.745. The number of rotatable bonds is 5. The zero-order valence-corrected chi connectivity index (χ0v) is 14.7. The Morgan fingerprint density at radius 1 is 1.13 bits per heavy atom. The summed E-state index contributed by atoms with van der Waals surface area (Å²) in [4.78, 5) is 26.0. The molecular weight excluding hydrogens is 318 g/mol. The van der Waals surface area contributed by atoms with Crippen molar-refractivity contribution in [3.63, 3.8) is 0 Å². The van der Waals surface area contributed by atoms with E-state index in [0.29, 0.717) is 13.1 Å². The highest BCUT2D eigenvalue weighted by molar-refractivity contribution is 7.88. The van der Waals surface area contributed by atoms with Gasteiger partial charge in [-0.3, -0.25) is 9.59 Å². The first-order valence-corrected chi connectivity index (χ1v) is 10.2. The highest BCUT2D eigenvalue weighted by Crippen LogP contribution is 2.29. The van der Waals surface area contributed by atoms with Crippen molar-refractivity contribution in [3.8, 4) is 0 Å². The molecule has 1 heterocycles. The number of hydrogen-bond acceptors (Lipinski definition) is 4. The first kappa shape index (κ1) is 18.2. The summed E-state index contributed by atoms with van der Waals surface area (Å²) in [6.45, 7) is 2.41. The molecule has 2 fully saturated rings. The van der Waals surface area contributed by atoms with Crippen LogP contribution in [0.15, 0.2) is 0 Å². The van der Waals surface area contributed by atoms with E-state index < -0.39 is 16.1 Å². The minimum absolute atomic E-state index is 0.0768. The van der Waals surface area contributed by atoms with E-state index in [0.717, 1.165) is 44.8 Å². The van der Waals surface area contributed by atoms with Crippen LogP contribution in [0, 0.1) is 5.92 Å². The average molecular weight is 345 g/mol. The van der Waals surface area contributed by atoms with E-state index >= 15 is 0 Å². The average Bonchev–Trinajstić information content (AvgIpc) is 2.96. The van der Waals surface area contributed by atoms with Gasteiger partial charge in [-0.25, -0.2) is 13.1 Å². The molecule has 2 unspecified atom stereocenters. The molecule has 1 saturated heterocycles. The van der Waals surface area contributed by atoms with Crippen LogP contribution >= 0.6 is 0 Å². The standard InChI is InChI=1S/C15H27N3O4S/c1-11(19)16-14(12-6-3-4-7-12)15(20)18-9-5-8-13(10-18)17-23(2,21)22/h12-14,17H,3-10H2,1-2H3,(H,16,19). The molecule has 132 valence electrons. The van der Waals surface area contributed by atoms with Crippen LogP contribution in [0.1, 0.15) is 45.4 Å². The molecule has 0 bridgehead atoms. The number of nitrogens with one attached hydrogen (secondary N) is 2. The third-order valence-electron chi connectivity index (χ3n) is 4.61. The maximum atomic E-state index is 12.9. The van der Waals surface area contributed by atoms with Crippen LogP contribution in [-0.2, 0) is 19.6 Å². The van der Waals surface area contributed by atoms with Gasteiger partial charge in [-0.15, -0.1) is 0 Å². The number of hydrogen-bond donors (Lipinski definition) is 2. The molecule has 1 aliphatic heterocycles. The maximum absolute atomic E-state index is 12.9. The highest BCUT2D eigenvalue weighted by atomic mass is 32.2. The van der Waals surface area contributed by atoms with Crippen LogP contribution in [0.5, 0.6) is 0 Å². The molecule has 2 atom stereocenters. The Labute approximate surface area is 138 Å². The fraction of sp³-hybridized carbons (Fsp3) is 0.867. The highest BCUT2D eigenvalue weighted by Gasteiger charge is 2.36. The molecule has 2 amide bonds. The van der Waals surface area contributed by atoms with Crippen LogP contribution in [-0.4, -0.2) is 56.6 Å². The molecule has 0 aromatic heterocycles. The van der Waals surface area contributed by atoms with Gasteiger partial charge in [-0.2, -0.15) is 0 Å². The SMILES string of the molecule is CC(=O)NC(C(=O)N1CCCC(NS(C)(=O)=O)C1)C1CCCC1. The molecule has 8 heteroatoms. The molecule has 2 aliphatic rings. The minimum atomic E-state index is -3.29. The molecule has 1 aliphatic carbocycles. The Kier molecular flexibility index (Phi) is 6.02. The second-order valence-corrected chi connectivity index (χ2v) is 8.52. The summed E-state index contributed by atoms with van der Waals surface area (Å²) in [7, 11) is -3.29. The van der Waals surface area contributed by atoms with Crippen molar-refractivity contribution in [2.24, 2.45) is 5.92 Å². The van der Waals surface area contributed by atoms with Gasteiger partial charge in [-0.05, 0) is 31.6 Å².